The van der Waals surface area contributed by atoms with Gasteiger partial charge in [0.15, 0.2) is 0 Å². The van der Waals surface area contributed by atoms with Crippen LogP contribution in [0.4, 0.5) is 22.0 Å². The molecule has 0 spiro atoms. The van der Waals surface area contributed by atoms with E-state index in [0.717, 1.165) is 6.20 Å². The summed E-state index contributed by atoms with van der Waals surface area (Å²) in [5, 5.41) is 0. The Morgan fingerprint density at radius 1 is 1.44 bits per heavy atom. The van der Waals surface area contributed by atoms with Crippen LogP contribution in [0.1, 0.15) is 16.8 Å². The molecule has 0 fully saturated rings. The molecule has 0 aliphatic carbocycles. The van der Waals surface area contributed by atoms with Gasteiger partial charge in [-0.3, -0.25) is 9.78 Å². The summed E-state index contributed by atoms with van der Waals surface area (Å²) in [6.07, 6.45) is -4.41. The summed E-state index contributed by atoms with van der Waals surface area (Å²) in [6.45, 7) is -2.10. The molecule has 0 aromatic carbocycles. The number of halogens is 5. The van der Waals surface area contributed by atoms with E-state index in [4.69, 9.17) is 0 Å². The minimum Gasteiger partial charge on any atom is -0.403 e. The molecule has 0 bridgehead atoms. The Bertz CT molecular complexity index is 444. The van der Waals surface area contributed by atoms with Gasteiger partial charge in [-0.15, -0.1) is 0 Å². The summed E-state index contributed by atoms with van der Waals surface area (Å²) < 4.78 is 64.4. The molecule has 0 aliphatic rings. The Morgan fingerprint density at radius 3 is 2.56 bits per heavy atom. The van der Waals surface area contributed by atoms with Gasteiger partial charge in [-0.2, -0.15) is 22.0 Å². The van der Waals surface area contributed by atoms with Gasteiger partial charge in [0.25, 0.3) is 0 Å². The fraction of sp³-hybridized carbons (Fsp3) is 0.400. The summed E-state index contributed by atoms with van der Waals surface area (Å²) in [5.74, 6) is -1.34. The molecule has 100 valence electrons. The standard InChI is InChI=1S/C10H8F5NO2/c1-5-4-16-6(2-7(5)10(13,14)15)3-8(17)18-9(11)12/h2,4,9H,3H2,1H3. The van der Waals surface area contributed by atoms with Crippen molar-refractivity contribution in [2.24, 2.45) is 0 Å². The maximum Gasteiger partial charge on any atom is 0.416 e. The molecule has 0 radical (unpaired) electrons. The van der Waals surface area contributed by atoms with Crippen LogP contribution in [0, 0.1) is 6.92 Å². The predicted molar refractivity (Wildman–Crippen MR) is 49.8 cm³/mol. The molecule has 1 rings (SSSR count). The summed E-state index contributed by atoms with van der Waals surface area (Å²) in [6, 6.07) is 0.641. The van der Waals surface area contributed by atoms with E-state index in [1.165, 1.54) is 6.92 Å². The third-order valence-corrected chi connectivity index (χ3v) is 2.01. The summed E-state index contributed by atoms with van der Waals surface area (Å²) >= 11 is 0. The lowest BCUT2D eigenvalue weighted by molar-refractivity contribution is -0.175. The van der Waals surface area contributed by atoms with Crippen LogP contribution in [0.3, 0.4) is 0 Å². The van der Waals surface area contributed by atoms with Crippen molar-refractivity contribution in [3.8, 4) is 0 Å². The molecule has 18 heavy (non-hydrogen) atoms. The van der Waals surface area contributed by atoms with Crippen LogP contribution in [0.25, 0.3) is 0 Å². The molecule has 0 N–H and O–H groups in total. The van der Waals surface area contributed by atoms with Crippen molar-refractivity contribution in [1.29, 1.82) is 0 Å². The highest BCUT2D eigenvalue weighted by Crippen LogP contribution is 2.31. The van der Waals surface area contributed by atoms with Crippen molar-refractivity contribution in [2.45, 2.75) is 26.1 Å². The number of esters is 1. The van der Waals surface area contributed by atoms with Gasteiger partial charge in [0.05, 0.1) is 17.7 Å². The Labute approximate surface area is 98.6 Å². The highest BCUT2D eigenvalue weighted by Gasteiger charge is 2.33. The van der Waals surface area contributed by atoms with Gasteiger partial charge in [0.1, 0.15) is 0 Å². The molecule has 0 amide bonds. The number of carbonyl (C=O) groups excluding carboxylic acids is 1. The lowest BCUT2D eigenvalue weighted by atomic mass is 10.1. The number of ether oxygens (including phenoxy) is 1. The van der Waals surface area contributed by atoms with Crippen LogP contribution in [0.2, 0.25) is 0 Å². The maximum atomic E-state index is 12.5. The molecule has 0 atom stereocenters. The molecule has 0 saturated heterocycles. The zero-order valence-electron chi connectivity index (χ0n) is 9.09. The minimum atomic E-state index is -4.59. The quantitative estimate of drug-likeness (QED) is 0.625. The van der Waals surface area contributed by atoms with Crippen LogP contribution in [-0.4, -0.2) is 17.6 Å². The summed E-state index contributed by atoms with van der Waals surface area (Å²) in [4.78, 5) is 14.4. The lowest BCUT2D eigenvalue weighted by Gasteiger charge is -2.11. The number of alkyl halides is 5. The number of aryl methyl sites for hydroxylation is 1. The first kappa shape index (κ1) is 14.3. The van der Waals surface area contributed by atoms with Crippen molar-refractivity contribution >= 4 is 5.97 Å². The number of hydrogen-bond acceptors (Lipinski definition) is 3. The highest BCUT2D eigenvalue weighted by molar-refractivity contribution is 5.72. The molecule has 1 aromatic heterocycles. The summed E-state index contributed by atoms with van der Waals surface area (Å²) in [7, 11) is 0. The van der Waals surface area contributed by atoms with Crippen molar-refractivity contribution in [3.63, 3.8) is 0 Å². The van der Waals surface area contributed by atoms with Crippen molar-refractivity contribution < 1.29 is 31.5 Å². The number of pyridine rings is 1. The molecule has 0 saturated carbocycles. The van der Waals surface area contributed by atoms with Gasteiger partial charge in [-0.1, -0.05) is 0 Å². The largest absolute Gasteiger partial charge is 0.416 e. The van der Waals surface area contributed by atoms with E-state index in [1.54, 1.807) is 0 Å². The first-order valence-electron chi connectivity index (χ1n) is 4.70. The van der Waals surface area contributed by atoms with E-state index in [0.29, 0.717) is 6.07 Å². The van der Waals surface area contributed by atoms with Crippen molar-refractivity contribution in [2.75, 3.05) is 0 Å². The van der Waals surface area contributed by atoms with Gasteiger partial charge in [-0.25, -0.2) is 0 Å². The minimum absolute atomic E-state index is 0.117. The lowest BCUT2D eigenvalue weighted by Crippen LogP contribution is -2.14. The van der Waals surface area contributed by atoms with Gasteiger partial charge in [0, 0.05) is 6.20 Å². The number of hydrogen-bond donors (Lipinski definition) is 0. The van der Waals surface area contributed by atoms with E-state index in [-0.39, 0.29) is 11.3 Å². The fourth-order valence-corrected chi connectivity index (χ4v) is 1.26. The van der Waals surface area contributed by atoms with Crippen molar-refractivity contribution in [1.82, 2.24) is 4.98 Å². The average Bonchev–Trinajstić information content (AvgIpc) is 2.17. The maximum absolute atomic E-state index is 12.5. The number of nitrogens with zero attached hydrogens (tertiary/aromatic N) is 1. The molecule has 0 unspecified atom stereocenters. The smallest absolute Gasteiger partial charge is 0.403 e. The molecule has 1 heterocycles. The van der Waals surface area contributed by atoms with Crippen LogP contribution >= 0.6 is 0 Å². The first-order chi connectivity index (χ1) is 8.20. The fourth-order valence-electron chi connectivity index (χ4n) is 1.26. The Kier molecular flexibility index (Phi) is 4.20. The first-order valence-corrected chi connectivity index (χ1v) is 4.70. The number of rotatable bonds is 3. The van der Waals surface area contributed by atoms with Crippen LogP contribution in [0.5, 0.6) is 0 Å². The monoisotopic (exact) mass is 269 g/mol. The van der Waals surface area contributed by atoms with E-state index >= 15 is 0 Å². The van der Waals surface area contributed by atoms with E-state index in [1.807, 2.05) is 0 Å². The molecule has 1 aromatic rings. The van der Waals surface area contributed by atoms with Crippen LogP contribution in [-0.2, 0) is 22.1 Å². The van der Waals surface area contributed by atoms with Gasteiger partial charge in [0.2, 0.25) is 0 Å². The second-order valence-corrected chi connectivity index (χ2v) is 3.42. The second kappa shape index (κ2) is 5.28. The van der Waals surface area contributed by atoms with Gasteiger partial charge < -0.3 is 4.74 Å². The third kappa shape index (κ3) is 3.94. The van der Waals surface area contributed by atoms with E-state index < -0.39 is 30.7 Å². The Hall–Kier alpha value is -1.73. The van der Waals surface area contributed by atoms with E-state index in [2.05, 4.69) is 9.72 Å². The zero-order chi connectivity index (χ0) is 13.9. The Balaban J connectivity index is 2.89. The topological polar surface area (TPSA) is 39.2 Å². The third-order valence-electron chi connectivity index (χ3n) is 2.01. The van der Waals surface area contributed by atoms with Gasteiger partial charge in [-0.05, 0) is 18.6 Å². The SMILES string of the molecule is Cc1cnc(CC(=O)OC(F)F)cc1C(F)(F)F. The Morgan fingerprint density at radius 2 is 2.06 bits per heavy atom. The van der Waals surface area contributed by atoms with Gasteiger partial charge >= 0.3 is 18.8 Å². The van der Waals surface area contributed by atoms with E-state index in [9.17, 15) is 26.7 Å². The summed E-state index contributed by atoms with van der Waals surface area (Å²) in [5.41, 5.74) is -1.36. The molecule has 8 heteroatoms. The van der Waals surface area contributed by atoms with Crippen LogP contribution < -0.4 is 0 Å². The highest BCUT2D eigenvalue weighted by atomic mass is 19.4. The molecular formula is C10H8F5NO2. The molecule has 0 aliphatic heterocycles. The average molecular weight is 269 g/mol. The molecular weight excluding hydrogens is 261 g/mol. The normalized spacial score (nSPS) is 11.7. The molecule has 3 nitrogen and oxygen atoms in total. The zero-order valence-corrected chi connectivity index (χ0v) is 9.09. The predicted octanol–water partition coefficient (Wildman–Crippen LogP) is 2.72. The second-order valence-electron chi connectivity index (χ2n) is 3.42. The van der Waals surface area contributed by atoms with Crippen molar-refractivity contribution in [3.05, 3.63) is 29.1 Å². The van der Waals surface area contributed by atoms with Crippen LogP contribution in [0.15, 0.2) is 12.3 Å². The number of carbonyl (C=O) groups is 1. The number of aromatic nitrogens is 1.